The maximum atomic E-state index is 14.9. The van der Waals surface area contributed by atoms with Crippen molar-refractivity contribution in [2.45, 2.75) is 76.5 Å². The van der Waals surface area contributed by atoms with Crippen LogP contribution in [-0.4, -0.2) is 24.2 Å². The van der Waals surface area contributed by atoms with Crippen LogP contribution >= 0.6 is 0 Å². The molecular formula is C47H48N4O2. The number of hydrogen-bond acceptors (Lipinski definition) is 6. The van der Waals surface area contributed by atoms with Crippen LogP contribution in [0.5, 0.6) is 0 Å². The number of Topliss-reactive ketones (excluding diaryl/α,β-unsaturated/α-hetero) is 1. The molecule has 268 valence electrons. The molecule has 3 N–H and O–H groups in total. The van der Waals surface area contributed by atoms with Gasteiger partial charge in [-0.2, -0.15) is 0 Å². The highest BCUT2D eigenvalue weighted by Gasteiger charge is 2.52. The van der Waals surface area contributed by atoms with Gasteiger partial charge in [0.05, 0.1) is 29.3 Å². The van der Waals surface area contributed by atoms with Crippen molar-refractivity contribution in [2.75, 3.05) is 23.1 Å². The minimum Gasteiger partial charge on any atom is -0.495 e. The third kappa shape index (κ3) is 4.44. The van der Waals surface area contributed by atoms with E-state index in [1.807, 2.05) is 0 Å². The standard InChI is InChI=1S/C47H48N4O2/c1-26-22-30-10-4-6-14-34(30)46(24-26)48-36-16-8-12-28-18-20-32(42(50-46)38(28)36)40-44(52)41(45(40)53-3)33-21-19-29-13-9-17-37-39(29)43(33)51-47(49-37)25-27(2)23-31-11-5-7-15-35(31)47/h4-9,12-13,16-21,26-27,30-31,34-35,48-50H,10-11,14-15,22-25H2,1-3H3/b41-33-. The maximum Gasteiger partial charge on any atom is 0.201 e. The van der Waals surface area contributed by atoms with Crippen molar-refractivity contribution in [2.24, 2.45) is 40.5 Å². The quantitative estimate of drug-likeness (QED) is 0.182. The van der Waals surface area contributed by atoms with Gasteiger partial charge in [-0.25, -0.2) is 0 Å². The highest BCUT2D eigenvalue weighted by molar-refractivity contribution is 6.52. The first-order valence-corrected chi connectivity index (χ1v) is 20.1. The SMILES string of the molecule is COC1=C(c2ccc3cccc4c3c2NC2(CC(C)CC3CC=CCC32)N4)C(=O)/C1=c1\ccc2cccc3c2c1=NC1(CC(C)CC2CC=CCC21)N3. The van der Waals surface area contributed by atoms with Crippen molar-refractivity contribution >= 4 is 55.5 Å². The second kappa shape index (κ2) is 11.3. The van der Waals surface area contributed by atoms with Crippen LogP contribution < -0.4 is 26.5 Å². The lowest BCUT2D eigenvalue weighted by Crippen LogP contribution is -2.60. The number of methoxy groups -OCH3 is 1. The number of carbonyl (C=O) groups is 1. The van der Waals surface area contributed by atoms with E-state index >= 15 is 0 Å². The minimum absolute atomic E-state index is 0.0335. The Labute approximate surface area is 311 Å². The summed E-state index contributed by atoms with van der Waals surface area (Å²) < 4.78 is 6.29. The fourth-order valence-corrected chi connectivity index (χ4v) is 12.2. The van der Waals surface area contributed by atoms with E-state index in [4.69, 9.17) is 9.73 Å². The Balaban J connectivity index is 1.13. The van der Waals surface area contributed by atoms with Gasteiger partial charge in [-0.1, -0.05) is 86.7 Å². The molecular weight excluding hydrogens is 653 g/mol. The Kier molecular flexibility index (Phi) is 6.77. The second-order valence-corrected chi connectivity index (χ2v) is 17.5. The van der Waals surface area contributed by atoms with Crippen LogP contribution in [0.1, 0.15) is 70.8 Å². The number of anilines is 3. The van der Waals surface area contributed by atoms with Gasteiger partial charge in [0.2, 0.25) is 5.78 Å². The lowest BCUT2D eigenvalue weighted by Gasteiger charge is -2.54. The van der Waals surface area contributed by atoms with E-state index in [2.05, 4.69) is 115 Å². The van der Waals surface area contributed by atoms with Crippen LogP contribution in [0.2, 0.25) is 0 Å². The first-order valence-electron chi connectivity index (χ1n) is 20.1. The van der Waals surface area contributed by atoms with E-state index in [0.29, 0.717) is 52.4 Å². The number of allylic oxidation sites excluding steroid dienone is 6. The Hall–Kier alpha value is -4.84. The molecule has 0 bridgehead atoms. The highest BCUT2D eigenvalue weighted by atomic mass is 16.5. The van der Waals surface area contributed by atoms with Crippen molar-refractivity contribution in [3.05, 3.63) is 107 Å². The summed E-state index contributed by atoms with van der Waals surface area (Å²) in [5.41, 5.74) is 4.86. The molecule has 2 aliphatic heterocycles. The summed E-state index contributed by atoms with van der Waals surface area (Å²) in [6.45, 7) is 4.78. The number of benzene rings is 4. The Morgan fingerprint density at radius 3 is 2.13 bits per heavy atom. The number of nitrogens with one attached hydrogen (secondary N) is 3. The number of rotatable bonds is 2. The zero-order chi connectivity index (χ0) is 35.6. The lowest BCUT2D eigenvalue weighted by atomic mass is 9.63. The average molecular weight is 701 g/mol. The molecule has 53 heavy (non-hydrogen) atoms. The minimum atomic E-state index is -0.412. The summed E-state index contributed by atoms with van der Waals surface area (Å²) in [6, 6.07) is 21.6. The lowest BCUT2D eigenvalue weighted by molar-refractivity contribution is -0.110. The predicted octanol–water partition coefficient (Wildman–Crippen LogP) is 9.08. The molecule has 4 aromatic rings. The molecule has 0 radical (unpaired) electrons. The number of fused-ring (bicyclic) bond motifs is 4. The van der Waals surface area contributed by atoms with E-state index in [1.165, 1.54) is 12.8 Å². The molecule has 2 spiro atoms. The number of hydrogen-bond donors (Lipinski definition) is 3. The van der Waals surface area contributed by atoms with Gasteiger partial charge in [-0.15, -0.1) is 0 Å². The average Bonchev–Trinajstić information content (AvgIpc) is 3.15. The third-order valence-corrected chi connectivity index (χ3v) is 14.2. The molecule has 5 aliphatic carbocycles. The summed E-state index contributed by atoms with van der Waals surface area (Å²) in [6.07, 6.45) is 18.3. The molecule has 0 amide bonds. The van der Waals surface area contributed by atoms with E-state index in [1.54, 1.807) is 7.11 Å². The summed E-state index contributed by atoms with van der Waals surface area (Å²) in [5, 5.41) is 18.6. The summed E-state index contributed by atoms with van der Waals surface area (Å²) in [4.78, 5) is 20.7. The van der Waals surface area contributed by atoms with Crippen molar-refractivity contribution in [3.8, 4) is 0 Å². The molecule has 7 aliphatic rings. The van der Waals surface area contributed by atoms with Crippen LogP contribution in [-0.2, 0) is 9.53 Å². The zero-order valence-corrected chi connectivity index (χ0v) is 31.0. The van der Waals surface area contributed by atoms with Gasteiger partial charge in [0, 0.05) is 44.8 Å². The van der Waals surface area contributed by atoms with Crippen LogP contribution in [0, 0.1) is 35.5 Å². The van der Waals surface area contributed by atoms with Crippen LogP contribution in [0.15, 0.2) is 95.7 Å². The summed E-state index contributed by atoms with van der Waals surface area (Å²) in [5.74, 6) is 3.92. The fourth-order valence-electron chi connectivity index (χ4n) is 12.2. The van der Waals surface area contributed by atoms with Gasteiger partial charge in [-0.05, 0) is 97.9 Å². The monoisotopic (exact) mass is 700 g/mol. The van der Waals surface area contributed by atoms with E-state index < -0.39 is 5.66 Å². The second-order valence-electron chi connectivity index (χ2n) is 17.5. The Bertz CT molecular complexity index is 2500. The van der Waals surface area contributed by atoms with E-state index in [0.717, 1.165) is 93.3 Å². The van der Waals surface area contributed by atoms with Gasteiger partial charge >= 0.3 is 0 Å². The molecule has 8 atom stereocenters. The summed E-state index contributed by atoms with van der Waals surface area (Å²) in [7, 11) is 1.72. The molecule has 4 aromatic carbocycles. The Morgan fingerprint density at radius 1 is 0.698 bits per heavy atom. The van der Waals surface area contributed by atoms with Crippen LogP contribution in [0.4, 0.5) is 17.1 Å². The number of ether oxygens (including phenoxy) is 1. The first-order chi connectivity index (χ1) is 25.9. The largest absolute Gasteiger partial charge is 0.495 e. The smallest absolute Gasteiger partial charge is 0.201 e. The van der Waals surface area contributed by atoms with Crippen molar-refractivity contribution < 1.29 is 9.53 Å². The molecule has 11 rings (SSSR count). The number of nitrogens with zero attached hydrogens (tertiary/aromatic N) is 1. The highest BCUT2D eigenvalue weighted by Crippen LogP contribution is 2.54. The van der Waals surface area contributed by atoms with E-state index in [9.17, 15) is 4.79 Å². The van der Waals surface area contributed by atoms with Crippen molar-refractivity contribution in [1.82, 2.24) is 0 Å². The molecule has 8 unspecified atom stereocenters. The fraction of sp³-hybridized carbons (Fsp3) is 0.404. The van der Waals surface area contributed by atoms with E-state index in [-0.39, 0.29) is 11.4 Å². The third-order valence-electron chi connectivity index (χ3n) is 14.2. The van der Waals surface area contributed by atoms with Crippen molar-refractivity contribution in [3.63, 3.8) is 0 Å². The number of ketones is 1. The first kappa shape index (κ1) is 31.7. The van der Waals surface area contributed by atoms with Gasteiger partial charge < -0.3 is 20.7 Å². The topological polar surface area (TPSA) is 74.8 Å². The van der Waals surface area contributed by atoms with Crippen molar-refractivity contribution in [1.29, 1.82) is 0 Å². The molecule has 0 aromatic heterocycles. The Morgan fingerprint density at radius 2 is 1.36 bits per heavy atom. The normalized spacial score (nSPS) is 34.5. The molecule has 0 saturated heterocycles. The van der Waals surface area contributed by atoms with Crippen LogP contribution in [0.25, 0.3) is 32.7 Å². The van der Waals surface area contributed by atoms with Crippen LogP contribution in [0.3, 0.4) is 0 Å². The molecule has 2 heterocycles. The van der Waals surface area contributed by atoms with Gasteiger partial charge in [0.25, 0.3) is 0 Å². The number of carbonyl (C=O) groups excluding carboxylic acids is 1. The van der Waals surface area contributed by atoms with Gasteiger partial charge in [-0.3, -0.25) is 9.79 Å². The summed E-state index contributed by atoms with van der Waals surface area (Å²) >= 11 is 0. The molecule has 2 saturated carbocycles. The van der Waals surface area contributed by atoms with Gasteiger partial charge in [0.1, 0.15) is 17.1 Å². The predicted molar refractivity (Wildman–Crippen MR) is 215 cm³/mol. The maximum absolute atomic E-state index is 14.9. The zero-order valence-electron chi connectivity index (χ0n) is 31.0. The molecule has 6 nitrogen and oxygen atoms in total. The van der Waals surface area contributed by atoms with Gasteiger partial charge in [0.15, 0.2) is 0 Å². The molecule has 2 fully saturated rings. The molecule has 6 heteroatoms.